The van der Waals surface area contributed by atoms with E-state index in [0.717, 1.165) is 12.2 Å². The van der Waals surface area contributed by atoms with Crippen LogP contribution in [0.3, 0.4) is 0 Å². The number of benzene rings is 1. The molecule has 2 N–H and O–H groups in total. The summed E-state index contributed by atoms with van der Waals surface area (Å²) in [6.45, 7) is 6.50. The van der Waals surface area contributed by atoms with E-state index in [1.807, 2.05) is 17.6 Å². The molecule has 0 saturated carbocycles. The molecule has 1 aromatic carbocycles. The summed E-state index contributed by atoms with van der Waals surface area (Å²) in [7, 11) is 0. The minimum Gasteiger partial charge on any atom is -0.378 e. The van der Waals surface area contributed by atoms with Gasteiger partial charge in [0.25, 0.3) is 5.91 Å². The first kappa shape index (κ1) is 16.8. The molecule has 120 valence electrons. The Morgan fingerprint density at radius 1 is 1.43 bits per heavy atom. The van der Waals surface area contributed by atoms with Gasteiger partial charge in [-0.05, 0) is 39.0 Å². The molecular formula is C18H21N3O2. The maximum absolute atomic E-state index is 12.3. The first-order valence-electron chi connectivity index (χ1n) is 7.52. The fraction of sp³-hybridized carbons (Fsp3) is 0.333. The van der Waals surface area contributed by atoms with Gasteiger partial charge in [0.2, 0.25) is 0 Å². The fourth-order valence-corrected chi connectivity index (χ4v) is 2.02. The summed E-state index contributed by atoms with van der Waals surface area (Å²) in [5.41, 5.74) is 1.13. The van der Waals surface area contributed by atoms with E-state index in [-0.39, 0.29) is 5.91 Å². The molecule has 1 aromatic heterocycles. The number of nitrogens with one attached hydrogen (secondary N) is 1. The van der Waals surface area contributed by atoms with Crippen LogP contribution < -0.4 is 5.32 Å². The first-order valence-corrected chi connectivity index (χ1v) is 7.52. The lowest BCUT2D eigenvalue weighted by Crippen LogP contribution is -2.24. The van der Waals surface area contributed by atoms with Crippen LogP contribution in [0.25, 0.3) is 0 Å². The number of hydrogen-bond donors (Lipinski definition) is 2. The van der Waals surface area contributed by atoms with Crippen LogP contribution in [0.5, 0.6) is 0 Å². The van der Waals surface area contributed by atoms with E-state index >= 15 is 0 Å². The van der Waals surface area contributed by atoms with Crippen molar-refractivity contribution in [2.75, 3.05) is 0 Å². The van der Waals surface area contributed by atoms with Gasteiger partial charge in [-0.2, -0.15) is 0 Å². The lowest BCUT2D eigenvalue weighted by Gasteiger charge is -2.08. The molecule has 0 fully saturated rings. The zero-order chi connectivity index (χ0) is 16.9. The molecule has 1 heterocycles. The third-order valence-corrected chi connectivity index (χ3v) is 3.21. The number of aliphatic hydroxyl groups is 1. The Labute approximate surface area is 136 Å². The van der Waals surface area contributed by atoms with Crippen LogP contribution in [0, 0.1) is 11.8 Å². The Bertz CT molecular complexity index is 745. The van der Waals surface area contributed by atoms with Crippen LogP contribution in [0.15, 0.2) is 36.8 Å². The lowest BCUT2D eigenvalue weighted by atomic mass is 10.1. The van der Waals surface area contributed by atoms with Crippen LogP contribution in [0.4, 0.5) is 0 Å². The zero-order valence-electron chi connectivity index (χ0n) is 13.6. The highest BCUT2D eigenvalue weighted by molar-refractivity contribution is 5.94. The molecule has 0 bridgehead atoms. The topological polar surface area (TPSA) is 67.2 Å². The lowest BCUT2D eigenvalue weighted by molar-refractivity contribution is 0.0950. The normalized spacial score (nSPS) is 10.8. The van der Waals surface area contributed by atoms with Gasteiger partial charge in [-0.25, -0.2) is 4.98 Å². The molecule has 0 unspecified atom stereocenters. The fourth-order valence-electron chi connectivity index (χ4n) is 2.02. The molecule has 0 aliphatic carbocycles. The molecule has 1 amide bonds. The van der Waals surface area contributed by atoms with Gasteiger partial charge in [0.1, 0.15) is 5.60 Å². The second-order valence-corrected chi connectivity index (χ2v) is 5.74. The average molecular weight is 311 g/mol. The van der Waals surface area contributed by atoms with E-state index in [1.54, 1.807) is 44.6 Å². The number of amides is 1. The van der Waals surface area contributed by atoms with E-state index in [1.165, 1.54) is 0 Å². The van der Waals surface area contributed by atoms with Crippen LogP contribution >= 0.6 is 0 Å². The molecule has 0 aliphatic rings. The number of carbonyl (C=O) groups excluding carboxylic acids is 1. The monoisotopic (exact) mass is 311 g/mol. The maximum atomic E-state index is 12.3. The van der Waals surface area contributed by atoms with Crippen molar-refractivity contribution in [2.24, 2.45) is 0 Å². The minimum atomic E-state index is -1.06. The van der Waals surface area contributed by atoms with Crippen molar-refractivity contribution in [3.8, 4) is 11.8 Å². The van der Waals surface area contributed by atoms with Crippen LogP contribution in [-0.2, 0) is 13.1 Å². The predicted molar refractivity (Wildman–Crippen MR) is 88.7 cm³/mol. The summed E-state index contributed by atoms with van der Waals surface area (Å²) in [6, 6.07) is 7.04. The number of carbonyl (C=O) groups is 1. The van der Waals surface area contributed by atoms with E-state index < -0.39 is 5.60 Å². The van der Waals surface area contributed by atoms with Gasteiger partial charge in [-0.15, -0.1) is 0 Å². The van der Waals surface area contributed by atoms with Crippen molar-refractivity contribution in [1.29, 1.82) is 0 Å². The summed E-state index contributed by atoms with van der Waals surface area (Å²) in [5.74, 6) is 5.44. The van der Waals surface area contributed by atoms with E-state index in [2.05, 4.69) is 22.1 Å². The molecule has 5 heteroatoms. The number of aryl methyl sites for hydroxylation is 1. The number of hydrogen-bond acceptors (Lipinski definition) is 3. The molecule has 2 rings (SSSR count). The van der Waals surface area contributed by atoms with Crippen LogP contribution in [0.1, 0.15) is 42.4 Å². The number of rotatable bonds is 4. The molecule has 0 saturated heterocycles. The van der Waals surface area contributed by atoms with Gasteiger partial charge in [0.05, 0.1) is 18.6 Å². The van der Waals surface area contributed by atoms with E-state index in [9.17, 15) is 9.90 Å². The summed E-state index contributed by atoms with van der Waals surface area (Å²) in [6.07, 6.45) is 3.49. The van der Waals surface area contributed by atoms with Gasteiger partial charge < -0.3 is 15.0 Å². The van der Waals surface area contributed by atoms with Crippen LogP contribution in [0.2, 0.25) is 0 Å². The highest BCUT2D eigenvalue weighted by Gasteiger charge is 2.08. The molecular weight excluding hydrogens is 290 g/mol. The number of aromatic nitrogens is 2. The van der Waals surface area contributed by atoms with E-state index in [4.69, 9.17) is 0 Å². The Kier molecular flexibility index (Phi) is 5.20. The van der Waals surface area contributed by atoms with Crippen molar-refractivity contribution in [3.63, 3.8) is 0 Å². The second kappa shape index (κ2) is 7.12. The zero-order valence-corrected chi connectivity index (χ0v) is 13.6. The van der Waals surface area contributed by atoms with Crippen molar-refractivity contribution in [1.82, 2.24) is 14.9 Å². The minimum absolute atomic E-state index is 0.166. The molecule has 23 heavy (non-hydrogen) atoms. The summed E-state index contributed by atoms with van der Waals surface area (Å²) < 4.78 is 1.98. The van der Waals surface area contributed by atoms with Crippen molar-refractivity contribution >= 4 is 5.91 Å². The van der Waals surface area contributed by atoms with Crippen LogP contribution in [-0.4, -0.2) is 26.2 Å². The smallest absolute Gasteiger partial charge is 0.251 e. The maximum Gasteiger partial charge on any atom is 0.251 e. The highest BCUT2D eigenvalue weighted by Crippen LogP contribution is 2.06. The SMILES string of the molecule is CCn1cncc1CNC(=O)c1cccc(C#CC(C)(C)O)c1. The van der Waals surface area contributed by atoms with Gasteiger partial charge in [0.15, 0.2) is 0 Å². The summed E-state index contributed by atoms with van der Waals surface area (Å²) in [4.78, 5) is 16.3. The Balaban J connectivity index is 2.06. The quantitative estimate of drug-likeness (QED) is 0.848. The van der Waals surface area contributed by atoms with Crippen molar-refractivity contribution < 1.29 is 9.90 Å². The van der Waals surface area contributed by atoms with Gasteiger partial charge in [-0.1, -0.05) is 17.9 Å². The Morgan fingerprint density at radius 3 is 2.91 bits per heavy atom. The molecule has 0 radical (unpaired) electrons. The van der Waals surface area contributed by atoms with Gasteiger partial charge >= 0.3 is 0 Å². The standard InChI is InChI=1S/C18H21N3O2/c1-4-21-13-19-11-16(21)12-20-17(22)15-7-5-6-14(10-15)8-9-18(2,3)23/h5-7,10-11,13,23H,4,12H2,1-3H3,(H,20,22). The largest absolute Gasteiger partial charge is 0.378 e. The second-order valence-electron chi connectivity index (χ2n) is 5.74. The summed E-state index contributed by atoms with van der Waals surface area (Å²) >= 11 is 0. The third kappa shape index (κ3) is 4.97. The highest BCUT2D eigenvalue weighted by atomic mass is 16.3. The number of nitrogens with zero attached hydrogens (tertiary/aromatic N) is 2. The average Bonchev–Trinajstić information content (AvgIpc) is 2.97. The molecule has 0 spiro atoms. The molecule has 0 atom stereocenters. The number of imidazole rings is 1. The third-order valence-electron chi connectivity index (χ3n) is 3.21. The van der Waals surface area contributed by atoms with Gasteiger partial charge in [-0.3, -0.25) is 4.79 Å². The predicted octanol–water partition coefficient (Wildman–Crippen LogP) is 1.96. The Hall–Kier alpha value is -2.58. The molecule has 0 aliphatic heterocycles. The van der Waals surface area contributed by atoms with E-state index in [0.29, 0.717) is 17.7 Å². The van der Waals surface area contributed by atoms with Crippen molar-refractivity contribution in [2.45, 2.75) is 39.5 Å². The molecule has 2 aromatic rings. The summed E-state index contributed by atoms with van der Waals surface area (Å²) in [5, 5.41) is 12.5. The molecule has 5 nitrogen and oxygen atoms in total. The first-order chi connectivity index (χ1) is 10.9. The Morgan fingerprint density at radius 2 is 2.22 bits per heavy atom. The van der Waals surface area contributed by atoms with Crippen molar-refractivity contribution in [3.05, 3.63) is 53.6 Å². The van der Waals surface area contributed by atoms with Gasteiger partial charge in [0, 0.05) is 23.9 Å².